The topological polar surface area (TPSA) is 79.9 Å². The number of hydrogen-bond donors (Lipinski definition) is 2. The highest BCUT2D eigenvalue weighted by atomic mass is 16.6. The molecular formula is C24H29N3O4. The van der Waals surface area contributed by atoms with Gasteiger partial charge in [-0.05, 0) is 68.1 Å². The average molecular weight is 424 g/mol. The molecular weight excluding hydrogens is 394 g/mol. The first-order valence-electron chi connectivity index (χ1n) is 10.8. The number of fused-ring (bicyclic) bond motifs is 1. The van der Waals surface area contributed by atoms with Crippen LogP contribution in [0.5, 0.6) is 11.5 Å². The fourth-order valence-electron chi connectivity index (χ4n) is 4.16. The molecule has 31 heavy (non-hydrogen) atoms. The van der Waals surface area contributed by atoms with Crippen molar-refractivity contribution in [2.45, 2.75) is 32.7 Å². The van der Waals surface area contributed by atoms with Crippen molar-refractivity contribution in [3.63, 3.8) is 0 Å². The predicted octanol–water partition coefficient (Wildman–Crippen LogP) is 2.97. The fraction of sp³-hybridized carbons (Fsp3) is 0.417. The van der Waals surface area contributed by atoms with E-state index in [1.54, 1.807) is 0 Å². The summed E-state index contributed by atoms with van der Waals surface area (Å²) in [6.45, 7) is 6.15. The van der Waals surface area contributed by atoms with Gasteiger partial charge < -0.3 is 20.1 Å². The van der Waals surface area contributed by atoms with Crippen LogP contribution in [0.3, 0.4) is 0 Å². The Kier molecular flexibility index (Phi) is 6.42. The van der Waals surface area contributed by atoms with Gasteiger partial charge in [-0.3, -0.25) is 14.5 Å². The number of benzene rings is 2. The van der Waals surface area contributed by atoms with Gasteiger partial charge in [0.05, 0.1) is 13.1 Å². The van der Waals surface area contributed by atoms with Crippen LogP contribution >= 0.6 is 0 Å². The van der Waals surface area contributed by atoms with Gasteiger partial charge in [0.2, 0.25) is 11.8 Å². The first-order chi connectivity index (χ1) is 15.0. The number of aryl methyl sites for hydroxylation is 1. The Hall–Kier alpha value is -3.06. The van der Waals surface area contributed by atoms with Crippen LogP contribution in [-0.4, -0.2) is 49.6 Å². The third kappa shape index (κ3) is 4.99. The molecule has 0 unspecified atom stereocenters. The van der Waals surface area contributed by atoms with Crippen molar-refractivity contribution in [1.82, 2.24) is 10.2 Å². The molecule has 0 radical (unpaired) electrons. The van der Waals surface area contributed by atoms with Crippen molar-refractivity contribution in [2.75, 3.05) is 38.2 Å². The molecule has 2 aromatic carbocycles. The zero-order chi connectivity index (χ0) is 21.8. The minimum Gasteiger partial charge on any atom is -0.486 e. The van der Waals surface area contributed by atoms with Crippen LogP contribution in [0.1, 0.15) is 35.6 Å². The van der Waals surface area contributed by atoms with Crippen molar-refractivity contribution in [2.24, 2.45) is 0 Å². The zero-order valence-corrected chi connectivity index (χ0v) is 18.1. The van der Waals surface area contributed by atoms with E-state index in [9.17, 15) is 9.59 Å². The van der Waals surface area contributed by atoms with Crippen molar-refractivity contribution in [3.05, 3.63) is 53.1 Å². The number of anilines is 1. The van der Waals surface area contributed by atoms with Crippen LogP contribution in [0.15, 0.2) is 36.4 Å². The van der Waals surface area contributed by atoms with Gasteiger partial charge in [0, 0.05) is 11.7 Å². The molecule has 7 heteroatoms. The monoisotopic (exact) mass is 423 g/mol. The number of likely N-dealkylation sites (tertiary alicyclic amines) is 1. The number of hydrogen-bond acceptors (Lipinski definition) is 5. The Bertz CT molecular complexity index is 975. The largest absolute Gasteiger partial charge is 0.486 e. The van der Waals surface area contributed by atoms with Crippen LogP contribution in [0.25, 0.3) is 0 Å². The lowest BCUT2D eigenvalue weighted by Crippen LogP contribution is -2.40. The van der Waals surface area contributed by atoms with Crippen molar-refractivity contribution in [1.29, 1.82) is 0 Å². The van der Waals surface area contributed by atoms with Gasteiger partial charge in [0.25, 0.3) is 0 Å². The number of ether oxygens (including phenoxy) is 2. The maximum absolute atomic E-state index is 12.5. The number of rotatable bonds is 6. The summed E-state index contributed by atoms with van der Waals surface area (Å²) < 4.78 is 11.3. The number of nitrogens with zero attached hydrogens (tertiary/aromatic N) is 1. The van der Waals surface area contributed by atoms with Crippen molar-refractivity contribution < 1.29 is 19.1 Å². The normalized spacial score (nSPS) is 17.9. The van der Waals surface area contributed by atoms with Crippen LogP contribution in [0.2, 0.25) is 0 Å². The maximum atomic E-state index is 12.5. The van der Waals surface area contributed by atoms with Gasteiger partial charge in [-0.25, -0.2) is 0 Å². The Balaban J connectivity index is 1.30. The summed E-state index contributed by atoms with van der Waals surface area (Å²) in [6, 6.07) is 11.9. The Morgan fingerprint density at radius 3 is 2.71 bits per heavy atom. The van der Waals surface area contributed by atoms with Gasteiger partial charge >= 0.3 is 0 Å². The Morgan fingerprint density at radius 2 is 1.87 bits per heavy atom. The van der Waals surface area contributed by atoms with Crippen LogP contribution in [0.4, 0.5) is 5.69 Å². The summed E-state index contributed by atoms with van der Waals surface area (Å²) in [5.74, 6) is 1.16. The molecule has 7 nitrogen and oxygen atoms in total. The molecule has 0 saturated carbocycles. The van der Waals surface area contributed by atoms with Crippen molar-refractivity contribution >= 4 is 17.5 Å². The van der Waals surface area contributed by atoms with E-state index in [1.165, 1.54) is 0 Å². The van der Waals surface area contributed by atoms with E-state index in [4.69, 9.17) is 9.47 Å². The van der Waals surface area contributed by atoms with Crippen LogP contribution in [0, 0.1) is 13.8 Å². The van der Waals surface area contributed by atoms with E-state index in [0.717, 1.165) is 53.3 Å². The lowest BCUT2D eigenvalue weighted by Gasteiger charge is -2.26. The second-order valence-electron chi connectivity index (χ2n) is 8.10. The summed E-state index contributed by atoms with van der Waals surface area (Å²) in [5, 5.41) is 5.62. The third-order valence-corrected chi connectivity index (χ3v) is 5.99. The molecule has 1 fully saturated rings. The summed E-state index contributed by atoms with van der Waals surface area (Å²) in [6.07, 6.45) is 2.01. The average Bonchev–Trinajstić information content (AvgIpc) is 3.23. The van der Waals surface area contributed by atoms with Crippen LogP contribution in [-0.2, 0) is 9.59 Å². The molecule has 2 aliphatic rings. The second-order valence-corrected chi connectivity index (χ2v) is 8.10. The Morgan fingerprint density at radius 1 is 1.06 bits per heavy atom. The molecule has 0 aromatic heterocycles. The van der Waals surface area contributed by atoms with E-state index in [2.05, 4.69) is 15.5 Å². The van der Waals surface area contributed by atoms with E-state index in [1.807, 2.05) is 50.2 Å². The van der Waals surface area contributed by atoms with Gasteiger partial charge in [-0.2, -0.15) is 0 Å². The summed E-state index contributed by atoms with van der Waals surface area (Å²) >= 11 is 0. The molecule has 2 heterocycles. The van der Waals surface area contributed by atoms with Gasteiger partial charge in [-0.1, -0.05) is 18.2 Å². The van der Waals surface area contributed by atoms with E-state index >= 15 is 0 Å². The highest BCUT2D eigenvalue weighted by Gasteiger charge is 2.28. The lowest BCUT2D eigenvalue weighted by molar-refractivity contribution is -0.125. The molecule has 0 spiro atoms. The number of amides is 2. The summed E-state index contributed by atoms with van der Waals surface area (Å²) in [5.41, 5.74) is 4.04. The third-order valence-electron chi connectivity index (χ3n) is 5.99. The molecule has 1 atom stereocenters. The van der Waals surface area contributed by atoms with Gasteiger partial charge in [0.1, 0.15) is 13.2 Å². The molecule has 2 N–H and O–H groups in total. The summed E-state index contributed by atoms with van der Waals surface area (Å²) in [4.78, 5) is 26.9. The van der Waals surface area contributed by atoms with Gasteiger partial charge in [0.15, 0.2) is 11.5 Å². The first-order valence-corrected chi connectivity index (χ1v) is 10.8. The molecule has 2 aliphatic heterocycles. The molecule has 2 amide bonds. The molecule has 1 saturated heterocycles. The minimum atomic E-state index is -0.230. The quantitative estimate of drug-likeness (QED) is 0.747. The summed E-state index contributed by atoms with van der Waals surface area (Å²) in [7, 11) is 0. The van der Waals surface area contributed by atoms with E-state index in [0.29, 0.717) is 13.2 Å². The van der Waals surface area contributed by atoms with Crippen molar-refractivity contribution in [3.8, 4) is 11.5 Å². The highest BCUT2D eigenvalue weighted by Crippen LogP contribution is 2.37. The lowest BCUT2D eigenvalue weighted by atomic mass is 10.0. The molecule has 4 rings (SSSR count). The highest BCUT2D eigenvalue weighted by molar-refractivity contribution is 5.95. The smallest absolute Gasteiger partial charge is 0.243 e. The maximum Gasteiger partial charge on any atom is 0.243 e. The first kappa shape index (κ1) is 21.2. The predicted molar refractivity (Wildman–Crippen MR) is 119 cm³/mol. The van der Waals surface area contributed by atoms with E-state index in [-0.39, 0.29) is 30.9 Å². The van der Waals surface area contributed by atoms with Gasteiger partial charge in [-0.15, -0.1) is 0 Å². The number of nitrogens with one attached hydrogen (secondary N) is 2. The minimum absolute atomic E-state index is 0.0469. The SMILES string of the molecule is Cc1cccc(NC(=O)CNC(=O)CN2CCC[C@H]2c2ccc3c(c2)OCCO3)c1C. The number of carbonyl (C=O) groups excluding carboxylic acids is 2. The standard InChI is InChI=1S/C24H29N3O4/c1-16-5-3-6-19(17(16)2)26-23(28)14-25-24(29)15-27-10-4-7-20(27)18-8-9-21-22(13-18)31-12-11-30-21/h3,5-6,8-9,13,20H,4,7,10-12,14-15H2,1-2H3,(H,25,29)(H,26,28)/t20-/m0/s1. The van der Waals surface area contributed by atoms with E-state index < -0.39 is 0 Å². The molecule has 0 aliphatic carbocycles. The van der Waals surface area contributed by atoms with Crippen LogP contribution < -0.4 is 20.1 Å². The molecule has 2 aromatic rings. The Labute approximate surface area is 182 Å². The second kappa shape index (κ2) is 9.39. The zero-order valence-electron chi connectivity index (χ0n) is 18.1. The number of carbonyl (C=O) groups is 2. The fourth-order valence-corrected chi connectivity index (χ4v) is 4.16. The molecule has 0 bridgehead atoms. The molecule has 164 valence electrons.